The first-order valence-electron chi connectivity index (χ1n) is 5.97. The summed E-state index contributed by atoms with van der Waals surface area (Å²) in [6.45, 7) is 0.403. The SMILES string of the molecule is Nc1cccc(/C=C/C(=O)OCCc2cccs2)c1. The molecule has 98 valence electrons. The van der Waals surface area contributed by atoms with Crippen LogP contribution < -0.4 is 5.73 Å². The molecule has 0 saturated heterocycles. The number of ether oxygens (including phenoxy) is 1. The molecule has 1 aromatic heterocycles. The van der Waals surface area contributed by atoms with Crippen molar-refractivity contribution in [2.24, 2.45) is 0 Å². The van der Waals surface area contributed by atoms with Gasteiger partial charge in [-0.15, -0.1) is 11.3 Å². The van der Waals surface area contributed by atoms with Crippen molar-refractivity contribution >= 4 is 29.1 Å². The Hall–Kier alpha value is -2.07. The van der Waals surface area contributed by atoms with Crippen LogP contribution in [-0.2, 0) is 16.0 Å². The van der Waals surface area contributed by atoms with Crippen molar-refractivity contribution in [3.63, 3.8) is 0 Å². The number of thiophene rings is 1. The number of carbonyl (C=O) groups is 1. The van der Waals surface area contributed by atoms with Gasteiger partial charge >= 0.3 is 5.97 Å². The molecule has 0 fully saturated rings. The number of esters is 1. The normalized spacial score (nSPS) is 10.7. The molecule has 19 heavy (non-hydrogen) atoms. The van der Waals surface area contributed by atoms with E-state index in [2.05, 4.69) is 0 Å². The summed E-state index contributed by atoms with van der Waals surface area (Å²) in [6, 6.07) is 11.3. The van der Waals surface area contributed by atoms with E-state index in [9.17, 15) is 4.79 Å². The van der Waals surface area contributed by atoms with Crippen molar-refractivity contribution in [1.82, 2.24) is 0 Å². The van der Waals surface area contributed by atoms with Crippen molar-refractivity contribution in [2.75, 3.05) is 12.3 Å². The zero-order chi connectivity index (χ0) is 13.5. The van der Waals surface area contributed by atoms with E-state index in [1.54, 1.807) is 29.5 Å². The molecule has 0 amide bonds. The molecule has 0 aliphatic heterocycles. The van der Waals surface area contributed by atoms with Crippen LogP contribution in [0.1, 0.15) is 10.4 Å². The number of nitrogens with two attached hydrogens (primary N) is 1. The molecule has 0 atom stereocenters. The Morgan fingerprint density at radius 1 is 1.32 bits per heavy atom. The second-order valence-electron chi connectivity index (χ2n) is 4.00. The highest BCUT2D eigenvalue weighted by molar-refractivity contribution is 7.09. The molecule has 3 nitrogen and oxygen atoms in total. The van der Waals surface area contributed by atoms with Crippen molar-refractivity contribution in [1.29, 1.82) is 0 Å². The molecule has 0 saturated carbocycles. The highest BCUT2D eigenvalue weighted by Gasteiger charge is 1.99. The van der Waals surface area contributed by atoms with E-state index >= 15 is 0 Å². The van der Waals surface area contributed by atoms with Crippen molar-refractivity contribution < 1.29 is 9.53 Å². The molecular weight excluding hydrogens is 258 g/mol. The lowest BCUT2D eigenvalue weighted by Gasteiger charge is -2.00. The highest BCUT2D eigenvalue weighted by Crippen LogP contribution is 2.10. The Bertz CT molecular complexity index is 561. The second-order valence-corrected chi connectivity index (χ2v) is 5.03. The molecule has 4 heteroatoms. The molecule has 2 aromatic rings. The van der Waals surface area contributed by atoms with Crippen molar-refractivity contribution in [3.8, 4) is 0 Å². The van der Waals surface area contributed by atoms with Gasteiger partial charge in [-0.1, -0.05) is 18.2 Å². The molecule has 2 rings (SSSR count). The number of benzene rings is 1. The van der Waals surface area contributed by atoms with E-state index in [1.165, 1.54) is 11.0 Å². The molecule has 0 aliphatic carbocycles. The summed E-state index contributed by atoms with van der Waals surface area (Å²) in [4.78, 5) is 12.7. The van der Waals surface area contributed by atoms with Crippen LogP contribution in [0.3, 0.4) is 0 Å². The van der Waals surface area contributed by atoms with Crippen LogP contribution in [0.5, 0.6) is 0 Å². The van der Waals surface area contributed by atoms with Gasteiger partial charge in [-0.25, -0.2) is 4.79 Å². The maximum absolute atomic E-state index is 11.5. The second kappa shape index (κ2) is 6.75. The van der Waals surface area contributed by atoms with Crippen molar-refractivity contribution in [3.05, 3.63) is 58.3 Å². The first-order valence-corrected chi connectivity index (χ1v) is 6.85. The zero-order valence-corrected chi connectivity index (χ0v) is 11.2. The number of rotatable bonds is 5. The fourth-order valence-corrected chi connectivity index (χ4v) is 2.27. The summed E-state index contributed by atoms with van der Waals surface area (Å²) < 4.78 is 5.12. The van der Waals surface area contributed by atoms with Crippen molar-refractivity contribution in [2.45, 2.75) is 6.42 Å². The standard InChI is InChI=1S/C15H15NO2S/c16-13-4-1-3-12(11-13)6-7-15(17)18-9-8-14-5-2-10-19-14/h1-7,10-11H,8-9,16H2/b7-6+. The van der Waals surface area contributed by atoms with Gasteiger partial charge in [0.2, 0.25) is 0 Å². The summed E-state index contributed by atoms with van der Waals surface area (Å²) in [6.07, 6.45) is 3.88. The number of hydrogen-bond acceptors (Lipinski definition) is 4. The molecule has 0 radical (unpaired) electrons. The number of nitrogen functional groups attached to an aromatic ring is 1. The molecule has 0 aliphatic rings. The Morgan fingerprint density at radius 2 is 2.21 bits per heavy atom. The first kappa shape index (κ1) is 13.4. The van der Waals surface area contributed by atoms with Crippen LogP contribution in [0.25, 0.3) is 6.08 Å². The maximum Gasteiger partial charge on any atom is 0.330 e. The minimum Gasteiger partial charge on any atom is -0.462 e. The smallest absolute Gasteiger partial charge is 0.330 e. The largest absolute Gasteiger partial charge is 0.462 e. The molecule has 0 unspecified atom stereocenters. The van der Waals surface area contributed by atoms with Gasteiger partial charge in [-0.05, 0) is 35.2 Å². The van der Waals surface area contributed by atoms with E-state index in [4.69, 9.17) is 10.5 Å². The molecule has 0 bridgehead atoms. The van der Waals surface area contributed by atoms with E-state index in [1.807, 2.05) is 29.6 Å². The van der Waals surface area contributed by atoms with Gasteiger partial charge in [0, 0.05) is 23.1 Å². The predicted molar refractivity (Wildman–Crippen MR) is 78.9 cm³/mol. The third-order valence-corrected chi connectivity index (χ3v) is 3.43. The lowest BCUT2D eigenvalue weighted by Crippen LogP contribution is -2.03. The summed E-state index contributed by atoms with van der Waals surface area (Å²) >= 11 is 1.66. The molecule has 1 aromatic carbocycles. The number of carbonyl (C=O) groups excluding carboxylic acids is 1. The lowest BCUT2D eigenvalue weighted by molar-refractivity contribution is -0.137. The highest BCUT2D eigenvalue weighted by atomic mass is 32.1. The summed E-state index contributed by atoms with van der Waals surface area (Å²) in [5, 5.41) is 2.01. The van der Waals surface area contributed by atoms with Gasteiger partial charge in [0.05, 0.1) is 6.61 Å². The summed E-state index contributed by atoms with van der Waals surface area (Å²) in [5.74, 6) is -0.334. The zero-order valence-electron chi connectivity index (χ0n) is 10.4. The average molecular weight is 273 g/mol. The predicted octanol–water partition coefficient (Wildman–Crippen LogP) is 3.13. The Kier molecular flexibility index (Phi) is 4.75. The third-order valence-electron chi connectivity index (χ3n) is 2.50. The topological polar surface area (TPSA) is 52.3 Å². The van der Waals surface area contributed by atoms with Gasteiger partial charge in [0.15, 0.2) is 0 Å². The Balaban J connectivity index is 1.78. The van der Waals surface area contributed by atoms with Gasteiger partial charge in [-0.3, -0.25) is 0 Å². The fraction of sp³-hybridized carbons (Fsp3) is 0.133. The van der Waals surface area contributed by atoms with Crippen LogP contribution in [0.4, 0.5) is 5.69 Å². The molecule has 0 spiro atoms. The van der Waals surface area contributed by atoms with E-state index in [-0.39, 0.29) is 5.97 Å². The van der Waals surface area contributed by atoms with Gasteiger partial charge in [-0.2, -0.15) is 0 Å². The lowest BCUT2D eigenvalue weighted by atomic mass is 10.2. The monoisotopic (exact) mass is 273 g/mol. The van der Waals surface area contributed by atoms with E-state index in [0.717, 1.165) is 12.0 Å². The van der Waals surface area contributed by atoms with Crippen LogP contribution >= 0.6 is 11.3 Å². The van der Waals surface area contributed by atoms with E-state index < -0.39 is 0 Å². The molecule has 1 heterocycles. The van der Waals surface area contributed by atoms with Crippen LogP contribution in [0.2, 0.25) is 0 Å². The van der Waals surface area contributed by atoms with Gasteiger partial charge < -0.3 is 10.5 Å². The quantitative estimate of drug-likeness (QED) is 0.517. The first-order chi connectivity index (χ1) is 9.24. The molecular formula is C15H15NO2S. The van der Waals surface area contributed by atoms with Crippen LogP contribution in [0, 0.1) is 0 Å². The third kappa shape index (κ3) is 4.60. The van der Waals surface area contributed by atoms with Crippen LogP contribution in [-0.4, -0.2) is 12.6 Å². The Labute approximate surface area is 116 Å². The average Bonchev–Trinajstić information content (AvgIpc) is 2.90. The van der Waals surface area contributed by atoms with E-state index in [0.29, 0.717) is 12.3 Å². The van der Waals surface area contributed by atoms with Crippen LogP contribution in [0.15, 0.2) is 47.9 Å². The number of anilines is 1. The summed E-state index contributed by atoms with van der Waals surface area (Å²) in [7, 11) is 0. The Morgan fingerprint density at radius 3 is 2.95 bits per heavy atom. The minimum atomic E-state index is -0.334. The fourth-order valence-electron chi connectivity index (χ4n) is 1.58. The van der Waals surface area contributed by atoms with Gasteiger partial charge in [0.1, 0.15) is 0 Å². The maximum atomic E-state index is 11.5. The molecule has 2 N–H and O–H groups in total. The van der Waals surface area contributed by atoms with Gasteiger partial charge in [0.25, 0.3) is 0 Å². The minimum absolute atomic E-state index is 0.334. The number of hydrogen-bond donors (Lipinski definition) is 1. The summed E-state index contributed by atoms with van der Waals surface area (Å²) in [5.41, 5.74) is 7.21.